The summed E-state index contributed by atoms with van der Waals surface area (Å²) in [7, 11) is 0. The molecule has 2 nitrogen and oxygen atoms in total. The number of rotatable bonds is 2. The maximum atomic E-state index is 11.7. The number of carbonyl (C=O) groups excluding carboxylic acids is 1. The zero-order valence-corrected chi connectivity index (χ0v) is 14.2. The van der Waals surface area contributed by atoms with Crippen LogP contribution >= 0.6 is 0 Å². The number of likely N-dealkylation sites (tertiary alicyclic amines) is 1. The molecular weight excluding hydrogens is 294 g/mol. The first kappa shape index (κ1) is 14.4. The Balaban J connectivity index is 1.65. The van der Waals surface area contributed by atoms with Gasteiger partial charge in [0.15, 0.2) is 0 Å². The molecule has 1 fully saturated rings. The van der Waals surface area contributed by atoms with E-state index >= 15 is 0 Å². The van der Waals surface area contributed by atoms with Crippen molar-refractivity contribution in [3.05, 3.63) is 70.8 Å². The Bertz CT molecular complexity index is 767. The van der Waals surface area contributed by atoms with Gasteiger partial charge in [-0.3, -0.25) is 9.69 Å². The lowest BCUT2D eigenvalue weighted by Crippen LogP contribution is -2.51. The SMILES string of the molecule is CC(N1CCC(=O)CC1)C12CC(c3ccccc31)c1ccccc12. The molecule has 122 valence electrons. The van der Waals surface area contributed by atoms with Crippen LogP contribution in [0.4, 0.5) is 0 Å². The van der Waals surface area contributed by atoms with Crippen LogP contribution in [0.2, 0.25) is 0 Å². The molecule has 5 rings (SSSR count). The molecule has 2 heteroatoms. The molecular formula is C22H23NO. The zero-order chi connectivity index (χ0) is 16.3. The Morgan fingerprint density at radius 2 is 1.50 bits per heavy atom. The van der Waals surface area contributed by atoms with Gasteiger partial charge in [0.2, 0.25) is 0 Å². The highest BCUT2D eigenvalue weighted by Gasteiger charge is 2.56. The monoisotopic (exact) mass is 317 g/mol. The molecule has 0 amide bonds. The number of benzene rings is 2. The maximum Gasteiger partial charge on any atom is 0.135 e. The van der Waals surface area contributed by atoms with Crippen LogP contribution in [0.5, 0.6) is 0 Å². The number of carbonyl (C=O) groups is 1. The maximum absolute atomic E-state index is 11.7. The van der Waals surface area contributed by atoms with Crippen molar-refractivity contribution in [1.29, 1.82) is 0 Å². The van der Waals surface area contributed by atoms with Crippen molar-refractivity contribution in [2.75, 3.05) is 13.1 Å². The van der Waals surface area contributed by atoms with Crippen LogP contribution in [0.15, 0.2) is 48.5 Å². The molecule has 0 N–H and O–H groups in total. The number of Topliss-reactive ketones (excluding diaryl/α,β-unsaturated/α-hetero) is 1. The van der Waals surface area contributed by atoms with E-state index in [4.69, 9.17) is 0 Å². The lowest BCUT2D eigenvalue weighted by molar-refractivity contribution is -0.122. The van der Waals surface area contributed by atoms with E-state index in [2.05, 4.69) is 60.4 Å². The summed E-state index contributed by atoms with van der Waals surface area (Å²) in [4.78, 5) is 14.2. The Kier molecular flexibility index (Phi) is 3.02. The minimum Gasteiger partial charge on any atom is -0.300 e. The minimum absolute atomic E-state index is 0.0955. The Morgan fingerprint density at radius 3 is 2.08 bits per heavy atom. The van der Waals surface area contributed by atoms with E-state index in [1.807, 2.05) is 0 Å². The molecule has 0 saturated carbocycles. The summed E-state index contributed by atoms with van der Waals surface area (Å²) in [6.07, 6.45) is 2.62. The second kappa shape index (κ2) is 5.03. The highest BCUT2D eigenvalue weighted by molar-refractivity contribution is 5.79. The van der Waals surface area contributed by atoms with E-state index in [1.54, 1.807) is 0 Å². The van der Waals surface area contributed by atoms with E-state index in [-0.39, 0.29) is 5.41 Å². The molecule has 0 aromatic heterocycles. The first-order chi connectivity index (χ1) is 11.7. The normalized spacial score (nSPS) is 29.4. The van der Waals surface area contributed by atoms with Crippen LogP contribution in [-0.2, 0) is 10.2 Å². The van der Waals surface area contributed by atoms with Crippen LogP contribution < -0.4 is 0 Å². The van der Waals surface area contributed by atoms with Crippen molar-refractivity contribution in [2.45, 2.75) is 43.6 Å². The number of piperidine rings is 1. The first-order valence-electron chi connectivity index (χ1n) is 9.16. The van der Waals surface area contributed by atoms with E-state index in [9.17, 15) is 4.79 Å². The van der Waals surface area contributed by atoms with E-state index in [1.165, 1.54) is 28.7 Å². The van der Waals surface area contributed by atoms with Crippen molar-refractivity contribution < 1.29 is 4.79 Å². The number of nitrogens with zero attached hydrogens (tertiary/aromatic N) is 1. The zero-order valence-electron chi connectivity index (χ0n) is 14.2. The standard InChI is InChI=1S/C22H23NO/c1-15(23-12-10-16(24)11-13-23)22-14-19(17-6-2-4-8-20(17)22)18-7-3-5-9-21(18)22/h2-9,15,19H,10-14H2,1H3. The van der Waals surface area contributed by atoms with E-state index < -0.39 is 0 Å². The summed E-state index contributed by atoms with van der Waals surface area (Å²) in [5, 5.41) is 0. The third kappa shape index (κ3) is 1.72. The van der Waals surface area contributed by atoms with Gasteiger partial charge in [-0.2, -0.15) is 0 Å². The average Bonchev–Trinajstić information content (AvgIpc) is 3.16. The lowest BCUT2D eigenvalue weighted by atomic mass is 9.70. The third-order valence-corrected chi connectivity index (χ3v) is 6.78. The van der Waals surface area contributed by atoms with Crippen molar-refractivity contribution in [3.8, 4) is 0 Å². The van der Waals surface area contributed by atoms with Gasteiger partial charge in [0.25, 0.3) is 0 Å². The minimum atomic E-state index is 0.0955. The number of fused-ring (bicyclic) bond motifs is 8. The van der Waals surface area contributed by atoms with Crippen molar-refractivity contribution in [1.82, 2.24) is 4.90 Å². The number of hydrogen-bond acceptors (Lipinski definition) is 2. The molecule has 2 aromatic rings. The van der Waals surface area contributed by atoms with Crippen LogP contribution in [0.1, 0.15) is 54.4 Å². The van der Waals surface area contributed by atoms with E-state index in [0.717, 1.165) is 13.1 Å². The lowest BCUT2D eigenvalue weighted by Gasteiger charge is -2.44. The van der Waals surface area contributed by atoms with Gasteiger partial charge in [0.05, 0.1) is 0 Å². The van der Waals surface area contributed by atoms with Crippen LogP contribution in [0, 0.1) is 0 Å². The molecule has 2 aliphatic carbocycles. The molecule has 0 spiro atoms. The van der Waals surface area contributed by atoms with Gasteiger partial charge in [-0.1, -0.05) is 48.5 Å². The molecule has 1 saturated heterocycles. The van der Waals surface area contributed by atoms with Gasteiger partial charge in [0, 0.05) is 43.3 Å². The first-order valence-corrected chi connectivity index (χ1v) is 9.16. The molecule has 1 unspecified atom stereocenters. The Labute approximate surface area is 143 Å². The predicted molar refractivity (Wildman–Crippen MR) is 95.4 cm³/mol. The molecule has 2 aromatic carbocycles. The smallest absolute Gasteiger partial charge is 0.135 e. The third-order valence-electron chi connectivity index (χ3n) is 6.78. The second-order valence-electron chi connectivity index (χ2n) is 7.65. The molecule has 1 aliphatic heterocycles. The van der Waals surface area contributed by atoms with Crippen LogP contribution in [0.3, 0.4) is 0 Å². The largest absolute Gasteiger partial charge is 0.300 e. The van der Waals surface area contributed by atoms with Crippen molar-refractivity contribution >= 4 is 5.78 Å². The fourth-order valence-corrected chi connectivity index (χ4v) is 5.58. The fraction of sp³-hybridized carbons (Fsp3) is 0.409. The van der Waals surface area contributed by atoms with Gasteiger partial charge in [-0.05, 0) is 35.6 Å². The summed E-state index contributed by atoms with van der Waals surface area (Å²) in [6, 6.07) is 18.5. The van der Waals surface area contributed by atoms with Crippen LogP contribution in [0.25, 0.3) is 0 Å². The highest BCUT2D eigenvalue weighted by atomic mass is 16.1. The summed E-state index contributed by atoms with van der Waals surface area (Å²) in [6.45, 7) is 4.21. The summed E-state index contributed by atoms with van der Waals surface area (Å²) >= 11 is 0. The number of ketones is 1. The topological polar surface area (TPSA) is 20.3 Å². The molecule has 0 radical (unpaired) electrons. The van der Waals surface area contributed by atoms with Crippen molar-refractivity contribution in [2.24, 2.45) is 0 Å². The molecule has 1 heterocycles. The van der Waals surface area contributed by atoms with Gasteiger partial charge >= 0.3 is 0 Å². The highest BCUT2D eigenvalue weighted by Crippen LogP contribution is 2.62. The molecule has 2 bridgehead atoms. The van der Waals surface area contributed by atoms with Gasteiger partial charge < -0.3 is 0 Å². The van der Waals surface area contributed by atoms with E-state index in [0.29, 0.717) is 30.6 Å². The van der Waals surface area contributed by atoms with Gasteiger partial charge in [0.1, 0.15) is 5.78 Å². The quantitative estimate of drug-likeness (QED) is 0.838. The second-order valence-corrected chi connectivity index (χ2v) is 7.65. The predicted octanol–water partition coefficient (Wildman–Crippen LogP) is 3.88. The van der Waals surface area contributed by atoms with Crippen molar-refractivity contribution in [3.63, 3.8) is 0 Å². The summed E-state index contributed by atoms with van der Waals surface area (Å²) < 4.78 is 0. The summed E-state index contributed by atoms with van der Waals surface area (Å²) in [5.41, 5.74) is 6.20. The molecule has 24 heavy (non-hydrogen) atoms. The molecule has 1 atom stereocenters. The van der Waals surface area contributed by atoms with Gasteiger partial charge in [-0.25, -0.2) is 0 Å². The molecule has 3 aliphatic rings. The van der Waals surface area contributed by atoms with Gasteiger partial charge in [-0.15, -0.1) is 0 Å². The Morgan fingerprint density at radius 1 is 0.958 bits per heavy atom. The van der Waals surface area contributed by atoms with Crippen LogP contribution in [-0.4, -0.2) is 29.8 Å². The Hall–Kier alpha value is -1.93. The number of hydrogen-bond donors (Lipinski definition) is 0. The summed E-state index contributed by atoms with van der Waals surface area (Å²) in [5.74, 6) is 0.971. The average molecular weight is 317 g/mol. The fourth-order valence-electron chi connectivity index (χ4n) is 5.58.